The van der Waals surface area contributed by atoms with Gasteiger partial charge in [0.05, 0.1) is 6.26 Å². The largest absolute Gasteiger partial charge is 0.464 e. The second-order valence-electron chi connectivity index (χ2n) is 3.22. The first-order valence-corrected chi connectivity index (χ1v) is 4.48. The van der Waals surface area contributed by atoms with E-state index >= 15 is 0 Å². The van der Waals surface area contributed by atoms with Crippen LogP contribution in [-0.2, 0) is 0 Å². The molecule has 0 spiro atoms. The Labute approximate surface area is 84.9 Å². The lowest BCUT2D eigenvalue weighted by Gasteiger charge is -1.94. The fourth-order valence-corrected chi connectivity index (χ4v) is 1.51. The quantitative estimate of drug-likeness (QED) is 0.627. The molecular formula is C10H8N4O. The third-order valence-corrected chi connectivity index (χ3v) is 2.23. The summed E-state index contributed by atoms with van der Waals surface area (Å²) in [7, 11) is 0. The molecule has 3 aromatic rings. The normalized spacial score (nSPS) is 10.9. The van der Waals surface area contributed by atoms with Crippen LogP contribution in [0.2, 0.25) is 0 Å². The van der Waals surface area contributed by atoms with Gasteiger partial charge in [0.1, 0.15) is 5.58 Å². The number of fused-ring (bicyclic) bond motifs is 1. The molecule has 3 N–H and O–H groups in total. The molecule has 0 aliphatic rings. The number of furan rings is 1. The van der Waals surface area contributed by atoms with Crippen LogP contribution in [0, 0.1) is 0 Å². The lowest BCUT2D eigenvalue weighted by molar-refractivity contribution is 0.616. The molecule has 0 bridgehead atoms. The summed E-state index contributed by atoms with van der Waals surface area (Å²) < 4.78 is 5.29. The number of hydrogen-bond acceptors (Lipinski definition) is 4. The molecule has 2 aromatic heterocycles. The SMILES string of the molecule is Nc1n[nH]c(-c2ccc3ccoc3c2)n1. The Hall–Kier alpha value is -2.30. The van der Waals surface area contributed by atoms with Crippen molar-refractivity contribution in [2.75, 3.05) is 5.73 Å². The average molecular weight is 200 g/mol. The molecule has 15 heavy (non-hydrogen) atoms. The smallest absolute Gasteiger partial charge is 0.239 e. The van der Waals surface area contributed by atoms with Gasteiger partial charge in [-0.25, -0.2) is 0 Å². The molecule has 3 rings (SSSR count). The maximum absolute atomic E-state index is 5.43. The zero-order valence-electron chi connectivity index (χ0n) is 7.77. The van der Waals surface area contributed by atoms with Crippen molar-refractivity contribution in [1.29, 1.82) is 0 Å². The fourth-order valence-electron chi connectivity index (χ4n) is 1.51. The van der Waals surface area contributed by atoms with Crippen LogP contribution in [0.5, 0.6) is 0 Å². The van der Waals surface area contributed by atoms with Crippen LogP contribution in [0.15, 0.2) is 34.9 Å². The second-order valence-corrected chi connectivity index (χ2v) is 3.22. The number of nitrogens with two attached hydrogens (primary N) is 1. The van der Waals surface area contributed by atoms with Gasteiger partial charge in [-0.15, -0.1) is 5.10 Å². The van der Waals surface area contributed by atoms with Gasteiger partial charge in [-0.3, -0.25) is 5.10 Å². The molecule has 0 saturated heterocycles. The molecule has 0 aliphatic carbocycles. The summed E-state index contributed by atoms with van der Waals surface area (Å²) in [6.07, 6.45) is 1.66. The zero-order chi connectivity index (χ0) is 10.3. The Balaban J connectivity index is 2.18. The minimum Gasteiger partial charge on any atom is -0.464 e. The van der Waals surface area contributed by atoms with Gasteiger partial charge in [-0.2, -0.15) is 4.98 Å². The van der Waals surface area contributed by atoms with Gasteiger partial charge < -0.3 is 10.2 Å². The lowest BCUT2D eigenvalue weighted by atomic mass is 10.1. The van der Waals surface area contributed by atoms with Crippen LogP contribution in [0.4, 0.5) is 5.95 Å². The van der Waals surface area contributed by atoms with Crippen LogP contribution in [0.25, 0.3) is 22.4 Å². The highest BCUT2D eigenvalue weighted by atomic mass is 16.3. The fraction of sp³-hybridized carbons (Fsp3) is 0. The zero-order valence-corrected chi connectivity index (χ0v) is 7.77. The first kappa shape index (κ1) is 8.05. The molecule has 0 fully saturated rings. The lowest BCUT2D eigenvalue weighted by Crippen LogP contribution is -1.85. The summed E-state index contributed by atoms with van der Waals surface area (Å²) in [6, 6.07) is 7.72. The van der Waals surface area contributed by atoms with Gasteiger partial charge in [0, 0.05) is 10.9 Å². The van der Waals surface area contributed by atoms with Crippen molar-refractivity contribution < 1.29 is 4.42 Å². The van der Waals surface area contributed by atoms with Gasteiger partial charge in [0.25, 0.3) is 0 Å². The molecule has 5 nitrogen and oxygen atoms in total. The van der Waals surface area contributed by atoms with E-state index < -0.39 is 0 Å². The summed E-state index contributed by atoms with van der Waals surface area (Å²) in [6.45, 7) is 0. The van der Waals surface area contributed by atoms with E-state index in [1.54, 1.807) is 6.26 Å². The molecule has 0 aliphatic heterocycles. The summed E-state index contributed by atoms with van der Waals surface area (Å²) in [5.41, 5.74) is 7.16. The van der Waals surface area contributed by atoms with Crippen molar-refractivity contribution >= 4 is 16.9 Å². The molecular weight excluding hydrogens is 192 g/mol. The van der Waals surface area contributed by atoms with E-state index in [0.717, 1.165) is 16.5 Å². The monoisotopic (exact) mass is 200 g/mol. The molecule has 2 heterocycles. The number of hydrogen-bond donors (Lipinski definition) is 2. The van der Waals surface area contributed by atoms with Gasteiger partial charge in [-0.1, -0.05) is 12.1 Å². The first-order chi connectivity index (χ1) is 7.33. The second kappa shape index (κ2) is 2.84. The predicted octanol–water partition coefficient (Wildman–Crippen LogP) is 1.80. The Morgan fingerprint density at radius 2 is 2.20 bits per heavy atom. The number of nitrogens with one attached hydrogen (secondary N) is 1. The number of H-pyrrole nitrogens is 1. The molecule has 5 heteroatoms. The number of aromatic nitrogens is 3. The van der Waals surface area contributed by atoms with Crippen molar-refractivity contribution in [3.05, 3.63) is 30.5 Å². The van der Waals surface area contributed by atoms with Crippen LogP contribution in [0.1, 0.15) is 0 Å². The Morgan fingerprint density at radius 1 is 1.27 bits per heavy atom. The maximum Gasteiger partial charge on any atom is 0.239 e. The van der Waals surface area contributed by atoms with Gasteiger partial charge in [-0.05, 0) is 12.1 Å². The van der Waals surface area contributed by atoms with E-state index in [0.29, 0.717) is 5.82 Å². The molecule has 1 aromatic carbocycles. The maximum atomic E-state index is 5.43. The number of aromatic amines is 1. The third kappa shape index (κ3) is 1.25. The first-order valence-electron chi connectivity index (χ1n) is 4.48. The van der Waals surface area contributed by atoms with Crippen molar-refractivity contribution in [3.63, 3.8) is 0 Å². The summed E-state index contributed by atoms with van der Waals surface area (Å²) in [5.74, 6) is 0.885. The Morgan fingerprint density at radius 3 is 3.00 bits per heavy atom. The van der Waals surface area contributed by atoms with E-state index in [2.05, 4.69) is 15.2 Å². The van der Waals surface area contributed by atoms with Gasteiger partial charge in [0.15, 0.2) is 5.82 Å². The minimum absolute atomic E-state index is 0.240. The number of benzene rings is 1. The topological polar surface area (TPSA) is 80.7 Å². The van der Waals surface area contributed by atoms with Crippen molar-refractivity contribution in [1.82, 2.24) is 15.2 Å². The van der Waals surface area contributed by atoms with E-state index in [1.165, 1.54) is 0 Å². The van der Waals surface area contributed by atoms with Gasteiger partial charge in [0.2, 0.25) is 5.95 Å². The molecule has 0 unspecified atom stereocenters. The van der Waals surface area contributed by atoms with Crippen molar-refractivity contribution in [2.24, 2.45) is 0 Å². The highest BCUT2D eigenvalue weighted by Crippen LogP contribution is 2.22. The standard InChI is InChI=1S/C10H8N4O/c11-10-12-9(13-14-10)7-2-1-6-3-4-15-8(6)5-7/h1-5H,(H3,11,12,13,14). The molecule has 0 atom stereocenters. The van der Waals surface area contributed by atoms with E-state index in [9.17, 15) is 0 Å². The third-order valence-electron chi connectivity index (χ3n) is 2.23. The van der Waals surface area contributed by atoms with Crippen molar-refractivity contribution in [2.45, 2.75) is 0 Å². The van der Waals surface area contributed by atoms with E-state index in [4.69, 9.17) is 10.2 Å². The van der Waals surface area contributed by atoms with Crippen molar-refractivity contribution in [3.8, 4) is 11.4 Å². The van der Waals surface area contributed by atoms with Crippen LogP contribution in [-0.4, -0.2) is 15.2 Å². The number of anilines is 1. The summed E-state index contributed by atoms with van der Waals surface area (Å²) >= 11 is 0. The molecule has 0 radical (unpaired) electrons. The molecule has 74 valence electrons. The number of nitrogens with zero attached hydrogens (tertiary/aromatic N) is 2. The van der Waals surface area contributed by atoms with Crippen LogP contribution < -0.4 is 5.73 Å². The number of rotatable bonds is 1. The van der Waals surface area contributed by atoms with E-state index in [-0.39, 0.29) is 5.95 Å². The minimum atomic E-state index is 0.240. The highest BCUT2D eigenvalue weighted by molar-refractivity contribution is 5.81. The van der Waals surface area contributed by atoms with Crippen LogP contribution in [0.3, 0.4) is 0 Å². The highest BCUT2D eigenvalue weighted by Gasteiger charge is 2.05. The van der Waals surface area contributed by atoms with Gasteiger partial charge >= 0.3 is 0 Å². The molecule has 0 saturated carbocycles. The average Bonchev–Trinajstić information content (AvgIpc) is 2.84. The Kier molecular flexibility index (Phi) is 1.53. The summed E-state index contributed by atoms with van der Waals surface area (Å²) in [5, 5.41) is 7.58. The Bertz CT molecular complexity index is 610. The predicted molar refractivity (Wildman–Crippen MR) is 56.0 cm³/mol. The molecule has 0 amide bonds. The number of nitrogen functional groups attached to an aromatic ring is 1. The van der Waals surface area contributed by atoms with E-state index in [1.807, 2.05) is 24.3 Å². The van der Waals surface area contributed by atoms with Crippen LogP contribution >= 0.6 is 0 Å². The summed E-state index contributed by atoms with van der Waals surface area (Å²) in [4.78, 5) is 4.04.